The topological polar surface area (TPSA) is 73.2 Å². The Bertz CT molecular complexity index is 752. The van der Waals surface area contributed by atoms with Crippen LogP contribution in [0.3, 0.4) is 0 Å². The molecule has 0 saturated heterocycles. The summed E-state index contributed by atoms with van der Waals surface area (Å²) < 4.78 is 6.45. The first-order chi connectivity index (χ1) is 11.1. The molecule has 1 amide bonds. The lowest BCUT2D eigenvalue weighted by Gasteiger charge is -2.06. The van der Waals surface area contributed by atoms with Gasteiger partial charge in [-0.2, -0.15) is 5.10 Å². The average molecular weight is 336 g/mol. The van der Waals surface area contributed by atoms with Gasteiger partial charge < -0.3 is 10.1 Å². The predicted molar refractivity (Wildman–Crippen MR) is 87.3 cm³/mol. The van der Waals surface area contributed by atoms with Crippen LogP contribution in [0.1, 0.15) is 25.7 Å². The van der Waals surface area contributed by atoms with Crippen molar-refractivity contribution in [2.45, 2.75) is 32.2 Å². The third-order valence-electron chi connectivity index (χ3n) is 3.90. The Hall–Kier alpha value is -2.08. The van der Waals surface area contributed by atoms with Gasteiger partial charge in [-0.1, -0.05) is 11.6 Å². The third-order valence-corrected chi connectivity index (χ3v) is 4.18. The molecule has 0 aliphatic heterocycles. The van der Waals surface area contributed by atoms with E-state index in [1.165, 1.54) is 20.0 Å². The molecule has 1 aliphatic carbocycles. The average Bonchev–Trinajstić information content (AvgIpc) is 3.30. The molecule has 1 saturated carbocycles. The zero-order valence-corrected chi connectivity index (χ0v) is 13.6. The third kappa shape index (κ3) is 3.82. The molecule has 23 heavy (non-hydrogen) atoms. The number of amides is 1. The van der Waals surface area contributed by atoms with Crippen LogP contribution < -0.4 is 5.32 Å². The lowest BCUT2D eigenvalue weighted by Crippen LogP contribution is -2.13. The molecule has 7 heteroatoms. The van der Waals surface area contributed by atoms with E-state index in [1.54, 1.807) is 0 Å². The van der Waals surface area contributed by atoms with Crippen molar-refractivity contribution in [1.82, 2.24) is 9.78 Å². The van der Waals surface area contributed by atoms with Crippen molar-refractivity contribution >= 4 is 40.1 Å². The van der Waals surface area contributed by atoms with Crippen molar-refractivity contribution in [2.24, 2.45) is 5.92 Å². The highest BCUT2D eigenvalue weighted by atomic mass is 35.5. The van der Waals surface area contributed by atoms with Gasteiger partial charge in [0.2, 0.25) is 5.91 Å². The molecule has 1 aromatic heterocycles. The number of aromatic nitrogens is 2. The number of nitrogens with one attached hydrogen (secondary N) is 1. The number of carbonyl (C=O) groups is 2. The number of nitrogens with zero attached hydrogens (tertiary/aromatic N) is 2. The van der Waals surface area contributed by atoms with E-state index in [0.29, 0.717) is 16.8 Å². The van der Waals surface area contributed by atoms with Crippen molar-refractivity contribution in [3.05, 3.63) is 23.4 Å². The standard InChI is InChI=1S/C16H18ClN3O3/c1-23-15(22)7-6-14(21)18-11-4-5-13-12(8-11)16(17)19-20(13)9-10-2-3-10/h4-5,8,10H,2-3,6-7,9H2,1H3,(H,18,21). The molecular formula is C16H18ClN3O3. The molecular weight excluding hydrogens is 318 g/mol. The summed E-state index contributed by atoms with van der Waals surface area (Å²) in [5.41, 5.74) is 1.61. The molecule has 0 spiro atoms. The number of esters is 1. The smallest absolute Gasteiger partial charge is 0.306 e. The number of carbonyl (C=O) groups excluding carboxylic acids is 2. The maximum atomic E-state index is 11.8. The molecule has 0 atom stereocenters. The summed E-state index contributed by atoms with van der Waals surface area (Å²) in [6.07, 6.45) is 2.63. The van der Waals surface area contributed by atoms with E-state index in [4.69, 9.17) is 11.6 Å². The van der Waals surface area contributed by atoms with Crippen LogP contribution in [-0.2, 0) is 20.9 Å². The number of ether oxygens (including phenoxy) is 1. The van der Waals surface area contributed by atoms with Crippen molar-refractivity contribution in [1.29, 1.82) is 0 Å². The van der Waals surface area contributed by atoms with Gasteiger partial charge >= 0.3 is 5.97 Å². The highest BCUT2D eigenvalue weighted by Crippen LogP contribution is 2.33. The molecule has 1 aromatic carbocycles. The summed E-state index contributed by atoms with van der Waals surface area (Å²) in [6.45, 7) is 0.883. The van der Waals surface area contributed by atoms with Crippen LogP contribution in [0.5, 0.6) is 0 Å². The van der Waals surface area contributed by atoms with E-state index in [9.17, 15) is 9.59 Å². The summed E-state index contributed by atoms with van der Waals surface area (Å²) in [4.78, 5) is 22.9. The van der Waals surface area contributed by atoms with Gasteiger partial charge in [-0.3, -0.25) is 14.3 Å². The summed E-state index contributed by atoms with van der Waals surface area (Å²) >= 11 is 6.21. The van der Waals surface area contributed by atoms with E-state index >= 15 is 0 Å². The number of anilines is 1. The maximum Gasteiger partial charge on any atom is 0.306 e. The number of hydrogen-bond acceptors (Lipinski definition) is 4. The lowest BCUT2D eigenvalue weighted by molar-refractivity contribution is -0.141. The number of fused-ring (bicyclic) bond motifs is 1. The largest absolute Gasteiger partial charge is 0.469 e. The predicted octanol–water partition coefficient (Wildman–Crippen LogP) is 2.99. The van der Waals surface area contributed by atoms with Gasteiger partial charge in [-0.15, -0.1) is 0 Å². The molecule has 1 N–H and O–H groups in total. The minimum Gasteiger partial charge on any atom is -0.469 e. The fourth-order valence-corrected chi connectivity index (χ4v) is 2.69. The van der Waals surface area contributed by atoms with Crippen LogP contribution in [-0.4, -0.2) is 28.8 Å². The zero-order chi connectivity index (χ0) is 16.4. The number of rotatable bonds is 6. The Morgan fingerprint density at radius 2 is 2.17 bits per heavy atom. The number of hydrogen-bond donors (Lipinski definition) is 1. The Morgan fingerprint density at radius 3 is 2.87 bits per heavy atom. The first-order valence-corrected chi connectivity index (χ1v) is 7.97. The monoisotopic (exact) mass is 335 g/mol. The van der Waals surface area contributed by atoms with Gasteiger partial charge in [0, 0.05) is 24.0 Å². The van der Waals surface area contributed by atoms with E-state index in [2.05, 4.69) is 15.2 Å². The first-order valence-electron chi connectivity index (χ1n) is 7.59. The molecule has 122 valence electrons. The molecule has 3 rings (SSSR count). The van der Waals surface area contributed by atoms with E-state index < -0.39 is 5.97 Å². The number of methoxy groups -OCH3 is 1. The van der Waals surface area contributed by atoms with Gasteiger partial charge in [0.05, 0.1) is 19.0 Å². The van der Waals surface area contributed by atoms with Crippen LogP contribution in [0.25, 0.3) is 10.9 Å². The van der Waals surface area contributed by atoms with Gasteiger partial charge in [-0.05, 0) is 37.0 Å². The molecule has 1 heterocycles. The highest BCUT2D eigenvalue weighted by molar-refractivity contribution is 6.34. The Labute approximate surface area is 138 Å². The molecule has 6 nitrogen and oxygen atoms in total. The summed E-state index contributed by atoms with van der Waals surface area (Å²) in [7, 11) is 1.30. The maximum absolute atomic E-state index is 11.8. The summed E-state index contributed by atoms with van der Waals surface area (Å²) in [6, 6.07) is 5.54. The Balaban J connectivity index is 1.71. The molecule has 1 fully saturated rings. The van der Waals surface area contributed by atoms with Crippen LogP contribution in [0, 0.1) is 5.92 Å². The molecule has 0 unspecified atom stereocenters. The quantitative estimate of drug-likeness (QED) is 0.824. The second-order valence-corrected chi connectivity index (χ2v) is 6.13. The van der Waals surface area contributed by atoms with Gasteiger partial charge in [0.15, 0.2) is 5.15 Å². The van der Waals surface area contributed by atoms with E-state index in [1.807, 2.05) is 22.9 Å². The molecule has 0 bridgehead atoms. The van der Waals surface area contributed by atoms with Crippen LogP contribution in [0.2, 0.25) is 5.15 Å². The number of benzene rings is 1. The minimum atomic E-state index is -0.403. The fraction of sp³-hybridized carbons (Fsp3) is 0.438. The molecule has 1 aliphatic rings. The normalized spacial score (nSPS) is 14.0. The van der Waals surface area contributed by atoms with Gasteiger partial charge in [-0.25, -0.2) is 0 Å². The van der Waals surface area contributed by atoms with Crippen LogP contribution >= 0.6 is 11.6 Å². The van der Waals surface area contributed by atoms with Crippen molar-refractivity contribution < 1.29 is 14.3 Å². The fourth-order valence-electron chi connectivity index (χ4n) is 2.44. The van der Waals surface area contributed by atoms with Gasteiger partial charge in [0.1, 0.15) is 0 Å². The Morgan fingerprint density at radius 1 is 1.39 bits per heavy atom. The van der Waals surface area contributed by atoms with Crippen molar-refractivity contribution in [3.63, 3.8) is 0 Å². The second kappa shape index (κ2) is 6.58. The molecule has 2 aromatic rings. The van der Waals surface area contributed by atoms with Crippen molar-refractivity contribution in [3.8, 4) is 0 Å². The molecule has 0 radical (unpaired) electrons. The highest BCUT2D eigenvalue weighted by Gasteiger charge is 2.23. The SMILES string of the molecule is COC(=O)CCC(=O)Nc1ccc2c(c1)c(Cl)nn2CC1CC1. The second-order valence-electron chi connectivity index (χ2n) is 5.77. The number of halogens is 1. The minimum absolute atomic E-state index is 0.0602. The van der Waals surface area contributed by atoms with Crippen LogP contribution in [0.15, 0.2) is 18.2 Å². The first kappa shape index (κ1) is 15.8. The van der Waals surface area contributed by atoms with E-state index in [0.717, 1.165) is 17.4 Å². The Kier molecular flexibility index (Phi) is 4.52. The van der Waals surface area contributed by atoms with Crippen molar-refractivity contribution in [2.75, 3.05) is 12.4 Å². The summed E-state index contributed by atoms with van der Waals surface area (Å²) in [5.74, 6) is 0.0584. The lowest BCUT2D eigenvalue weighted by atomic mass is 10.2. The summed E-state index contributed by atoms with van der Waals surface area (Å²) in [5, 5.41) is 8.38. The zero-order valence-electron chi connectivity index (χ0n) is 12.8. The van der Waals surface area contributed by atoms with Crippen LogP contribution in [0.4, 0.5) is 5.69 Å². The van der Waals surface area contributed by atoms with E-state index in [-0.39, 0.29) is 18.7 Å². The van der Waals surface area contributed by atoms with Gasteiger partial charge in [0.25, 0.3) is 0 Å².